The van der Waals surface area contributed by atoms with Crippen molar-refractivity contribution >= 4 is 5.82 Å². The molecule has 0 spiro atoms. The molecule has 0 bridgehead atoms. The summed E-state index contributed by atoms with van der Waals surface area (Å²) in [6.07, 6.45) is 5.08. The Labute approximate surface area is 121 Å². The maximum Gasteiger partial charge on any atom is 0.130 e. The molecule has 2 N–H and O–H groups in total. The van der Waals surface area contributed by atoms with Crippen molar-refractivity contribution in [2.75, 3.05) is 25.0 Å². The van der Waals surface area contributed by atoms with Crippen LogP contribution >= 0.6 is 0 Å². The molecular formula is C16H25N3O. The van der Waals surface area contributed by atoms with Crippen LogP contribution in [0, 0.1) is 11.8 Å². The van der Waals surface area contributed by atoms with Gasteiger partial charge in [-0.3, -0.25) is 4.90 Å². The van der Waals surface area contributed by atoms with Gasteiger partial charge >= 0.3 is 0 Å². The number of rotatable bonds is 5. The lowest BCUT2D eigenvalue weighted by atomic mass is 10.00. The highest BCUT2D eigenvalue weighted by atomic mass is 16.3. The fourth-order valence-corrected chi connectivity index (χ4v) is 3.67. The molecule has 20 heavy (non-hydrogen) atoms. The zero-order valence-electron chi connectivity index (χ0n) is 12.3. The first-order chi connectivity index (χ1) is 9.78. The lowest BCUT2D eigenvalue weighted by Gasteiger charge is -2.19. The first-order valence-corrected chi connectivity index (χ1v) is 7.86. The van der Waals surface area contributed by atoms with E-state index in [9.17, 15) is 5.11 Å². The number of nitrogens with one attached hydrogen (secondary N) is 1. The first-order valence-electron chi connectivity index (χ1n) is 7.86. The number of fused-ring (bicyclic) bond motifs is 1. The van der Waals surface area contributed by atoms with Crippen LogP contribution in [0.2, 0.25) is 0 Å². The number of aliphatic hydroxyl groups is 1. The Morgan fingerprint density at radius 3 is 3.10 bits per heavy atom. The highest BCUT2D eigenvalue weighted by Gasteiger charge is 2.41. The van der Waals surface area contributed by atoms with Crippen molar-refractivity contribution in [3.8, 4) is 0 Å². The molecule has 1 aliphatic carbocycles. The largest absolute Gasteiger partial charge is 0.393 e. The van der Waals surface area contributed by atoms with Crippen LogP contribution in [0.25, 0.3) is 0 Å². The fraction of sp³-hybridized carbons (Fsp3) is 0.688. The molecule has 1 saturated carbocycles. The minimum Gasteiger partial charge on any atom is -0.393 e. The summed E-state index contributed by atoms with van der Waals surface area (Å²) in [4.78, 5) is 6.94. The normalized spacial score (nSPS) is 29.6. The molecule has 0 amide bonds. The summed E-state index contributed by atoms with van der Waals surface area (Å²) in [5.74, 6) is 2.22. The third-order valence-electron chi connectivity index (χ3n) is 4.72. The molecule has 4 heteroatoms. The lowest BCUT2D eigenvalue weighted by Crippen LogP contribution is -2.25. The van der Waals surface area contributed by atoms with Gasteiger partial charge in [-0.1, -0.05) is 13.0 Å². The Morgan fingerprint density at radius 1 is 1.40 bits per heavy atom. The summed E-state index contributed by atoms with van der Waals surface area (Å²) in [7, 11) is 0. The van der Waals surface area contributed by atoms with Crippen molar-refractivity contribution < 1.29 is 5.11 Å². The van der Waals surface area contributed by atoms with Gasteiger partial charge in [-0.15, -0.1) is 0 Å². The standard InChI is InChI=1S/C16H25N3O/c1-2-7-17-16-13(4-3-8-18-16)10-19-9-12-5-6-15(20)14(12)11-19/h3-4,8,12,14-15,20H,2,5-7,9-11H2,1H3,(H,17,18). The van der Waals surface area contributed by atoms with Gasteiger partial charge in [0.05, 0.1) is 6.10 Å². The molecule has 4 nitrogen and oxygen atoms in total. The van der Waals surface area contributed by atoms with E-state index in [0.717, 1.165) is 44.8 Å². The molecule has 2 heterocycles. The van der Waals surface area contributed by atoms with Crippen molar-refractivity contribution in [2.24, 2.45) is 11.8 Å². The Hall–Kier alpha value is -1.13. The Bertz CT molecular complexity index is 451. The summed E-state index contributed by atoms with van der Waals surface area (Å²) in [5.41, 5.74) is 1.27. The number of anilines is 1. The van der Waals surface area contributed by atoms with E-state index in [1.54, 1.807) is 0 Å². The van der Waals surface area contributed by atoms with Crippen LogP contribution in [0.15, 0.2) is 18.3 Å². The monoisotopic (exact) mass is 275 g/mol. The van der Waals surface area contributed by atoms with Crippen LogP contribution in [-0.2, 0) is 6.54 Å². The predicted octanol–water partition coefficient (Wildman–Crippen LogP) is 2.11. The molecule has 110 valence electrons. The number of nitrogens with zero attached hydrogens (tertiary/aromatic N) is 2. The molecule has 3 rings (SSSR count). The summed E-state index contributed by atoms with van der Waals surface area (Å²) >= 11 is 0. The molecule has 1 aromatic rings. The third kappa shape index (κ3) is 2.81. The summed E-state index contributed by atoms with van der Waals surface area (Å²) in [5, 5.41) is 13.4. The average molecular weight is 275 g/mol. The molecule has 0 radical (unpaired) electrons. The van der Waals surface area contributed by atoms with Crippen LogP contribution in [0.5, 0.6) is 0 Å². The van der Waals surface area contributed by atoms with Crippen molar-refractivity contribution in [3.63, 3.8) is 0 Å². The third-order valence-corrected chi connectivity index (χ3v) is 4.72. The van der Waals surface area contributed by atoms with E-state index >= 15 is 0 Å². The summed E-state index contributed by atoms with van der Waals surface area (Å²) in [6, 6.07) is 4.17. The minimum atomic E-state index is -0.0726. The van der Waals surface area contributed by atoms with Crippen molar-refractivity contribution in [1.82, 2.24) is 9.88 Å². The molecular weight excluding hydrogens is 250 g/mol. The molecule has 1 aliphatic heterocycles. The van der Waals surface area contributed by atoms with E-state index in [1.807, 2.05) is 12.3 Å². The lowest BCUT2D eigenvalue weighted by molar-refractivity contribution is 0.123. The number of aromatic nitrogens is 1. The van der Waals surface area contributed by atoms with Crippen LogP contribution in [0.4, 0.5) is 5.82 Å². The van der Waals surface area contributed by atoms with Crippen molar-refractivity contribution in [2.45, 2.75) is 38.8 Å². The second kappa shape index (κ2) is 6.10. The van der Waals surface area contributed by atoms with Gasteiger partial charge in [0.2, 0.25) is 0 Å². The van der Waals surface area contributed by atoms with E-state index in [1.165, 1.54) is 12.0 Å². The maximum atomic E-state index is 10.0. The van der Waals surface area contributed by atoms with E-state index in [0.29, 0.717) is 11.8 Å². The summed E-state index contributed by atoms with van der Waals surface area (Å²) in [6.45, 7) is 6.24. The molecule has 2 fully saturated rings. The number of likely N-dealkylation sites (tertiary alicyclic amines) is 1. The van der Waals surface area contributed by atoms with Crippen LogP contribution in [-0.4, -0.2) is 40.7 Å². The number of hydrogen-bond donors (Lipinski definition) is 2. The quantitative estimate of drug-likeness (QED) is 0.864. The minimum absolute atomic E-state index is 0.0726. The van der Waals surface area contributed by atoms with Gasteiger partial charge in [0.1, 0.15) is 5.82 Å². The van der Waals surface area contributed by atoms with E-state index in [4.69, 9.17) is 0 Å². The van der Waals surface area contributed by atoms with E-state index in [-0.39, 0.29) is 6.10 Å². The number of pyridine rings is 1. The second-order valence-electron chi connectivity index (χ2n) is 6.20. The van der Waals surface area contributed by atoms with Gasteiger partial charge in [0, 0.05) is 43.9 Å². The van der Waals surface area contributed by atoms with Gasteiger partial charge in [0.15, 0.2) is 0 Å². The number of hydrogen-bond acceptors (Lipinski definition) is 4. The number of aliphatic hydroxyl groups excluding tert-OH is 1. The van der Waals surface area contributed by atoms with Crippen LogP contribution in [0.1, 0.15) is 31.7 Å². The molecule has 3 unspecified atom stereocenters. The zero-order valence-corrected chi connectivity index (χ0v) is 12.3. The smallest absolute Gasteiger partial charge is 0.130 e. The SMILES string of the molecule is CCCNc1ncccc1CN1CC2CCC(O)C2C1. The van der Waals surface area contributed by atoms with Crippen LogP contribution < -0.4 is 5.32 Å². The zero-order chi connectivity index (χ0) is 13.9. The molecule has 3 atom stereocenters. The molecule has 0 aromatic carbocycles. The summed E-state index contributed by atoms with van der Waals surface area (Å²) < 4.78 is 0. The Morgan fingerprint density at radius 2 is 2.30 bits per heavy atom. The Kier molecular flexibility index (Phi) is 4.22. The first kappa shape index (κ1) is 13.8. The van der Waals surface area contributed by atoms with E-state index < -0.39 is 0 Å². The highest BCUT2D eigenvalue weighted by molar-refractivity contribution is 5.43. The van der Waals surface area contributed by atoms with Gasteiger partial charge in [-0.25, -0.2) is 4.98 Å². The van der Waals surface area contributed by atoms with E-state index in [2.05, 4.69) is 28.2 Å². The predicted molar refractivity (Wildman–Crippen MR) is 80.5 cm³/mol. The van der Waals surface area contributed by atoms with Crippen molar-refractivity contribution in [3.05, 3.63) is 23.9 Å². The fourth-order valence-electron chi connectivity index (χ4n) is 3.67. The second-order valence-corrected chi connectivity index (χ2v) is 6.20. The molecule has 2 aliphatic rings. The molecule has 1 aromatic heterocycles. The average Bonchev–Trinajstić information content (AvgIpc) is 3.00. The maximum absolute atomic E-state index is 10.0. The van der Waals surface area contributed by atoms with Gasteiger partial charge in [-0.05, 0) is 31.2 Å². The topological polar surface area (TPSA) is 48.4 Å². The molecule has 1 saturated heterocycles. The van der Waals surface area contributed by atoms with Crippen molar-refractivity contribution in [1.29, 1.82) is 0 Å². The highest BCUT2D eigenvalue weighted by Crippen LogP contribution is 2.38. The Balaban J connectivity index is 1.64. The van der Waals surface area contributed by atoms with Gasteiger partial charge < -0.3 is 10.4 Å². The van der Waals surface area contributed by atoms with Crippen LogP contribution in [0.3, 0.4) is 0 Å². The van der Waals surface area contributed by atoms with Gasteiger partial charge in [-0.2, -0.15) is 0 Å². The van der Waals surface area contributed by atoms with Gasteiger partial charge in [0.25, 0.3) is 0 Å².